The van der Waals surface area contributed by atoms with Crippen LogP contribution < -0.4 is 10.1 Å². The second-order valence-electron chi connectivity index (χ2n) is 9.08. The third-order valence-electron chi connectivity index (χ3n) is 5.67. The van der Waals surface area contributed by atoms with E-state index in [0.717, 1.165) is 26.7 Å². The van der Waals surface area contributed by atoms with E-state index >= 15 is 0 Å². The average Bonchev–Trinajstić information content (AvgIpc) is 2.83. The normalized spacial score (nSPS) is 11.7. The molecule has 3 rings (SSSR count). The largest absolute Gasteiger partial charge is 0.484 e. The minimum absolute atomic E-state index is 0.0425. The first-order valence-corrected chi connectivity index (χ1v) is 12.6. The van der Waals surface area contributed by atoms with Crippen molar-refractivity contribution in [1.29, 1.82) is 0 Å². The van der Waals surface area contributed by atoms with Crippen LogP contribution in [-0.2, 0) is 22.6 Å². The SMILES string of the molecule is Cc1ccc(CN(C(=O)COc2ccc(Br)c(C)c2)[C@@H](Cc2ccccc2)C(=O)NC(C)C)cc1. The Morgan fingerprint density at radius 2 is 1.63 bits per heavy atom. The smallest absolute Gasteiger partial charge is 0.261 e. The molecule has 0 unspecified atom stereocenters. The predicted octanol–water partition coefficient (Wildman–Crippen LogP) is 5.61. The standard InChI is InChI=1S/C29H33BrN2O3/c1-20(2)31-29(34)27(17-23-8-6-5-7-9-23)32(18-24-12-10-21(3)11-13-24)28(33)19-35-25-14-15-26(30)22(4)16-25/h5-16,20,27H,17-19H2,1-4H3,(H,31,34)/t27-/m0/s1. The lowest BCUT2D eigenvalue weighted by Crippen LogP contribution is -2.52. The Hall–Kier alpha value is -3.12. The molecule has 0 fully saturated rings. The number of halogens is 1. The molecule has 1 atom stereocenters. The van der Waals surface area contributed by atoms with Crippen LogP contribution in [0.15, 0.2) is 77.3 Å². The van der Waals surface area contributed by atoms with Gasteiger partial charge in [-0.1, -0.05) is 76.1 Å². The van der Waals surface area contributed by atoms with Gasteiger partial charge in [0.25, 0.3) is 5.91 Å². The second kappa shape index (κ2) is 12.5. The minimum Gasteiger partial charge on any atom is -0.484 e. The first-order valence-electron chi connectivity index (χ1n) is 11.8. The molecule has 0 aliphatic heterocycles. The number of carbonyl (C=O) groups is 2. The Morgan fingerprint density at radius 1 is 0.943 bits per heavy atom. The topological polar surface area (TPSA) is 58.6 Å². The van der Waals surface area contributed by atoms with Crippen molar-refractivity contribution in [2.45, 2.75) is 52.7 Å². The van der Waals surface area contributed by atoms with E-state index in [-0.39, 0.29) is 24.5 Å². The molecule has 0 radical (unpaired) electrons. The van der Waals surface area contributed by atoms with Gasteiger partial charge in [-0.2, -0.15) is 0 Å². The Morgan fingerprint density at radius 3 is 2.26 bits per heavy atom. The summed E-state index contributed by atoms with van der Waals surface area (Å²) >= 11 is 3.49. The van der Waals surface area contributed by atoms with E-state index in [1.54, 1.807) is 4.90 Å². The molecule has 0 aromatic heterocycles. The van der Waals surface area contributed by atoms with E-state index in [0.29, 0.717) is 18.7 Å². The number of nitrogens with one attached hydrogen (secondary N) is 1. The minimum atomic E-state index is -0.677. The first-order chi connectivity index (χ1) is 16.7. The molecule has 0 spiro atoms. The zero-order valence-corrected chi connectivity index (χ0v) is 22.3. The Labute approximate surface area is 216 Å². The second-order valence-corrected chi connectivity index (χ2v) is 9.93. The molecule has 3 aromatic rings. The molecule has 0 saturated heterocycles. The van der Waals surface area contributed by atoms with Crippen LogP contribution in [0.5, 0.6) is 5.75 Å². The molecule has 0 aliphatic carbocycles. The number of rotatable bonds is 10. The summed E-state index contributed by atoms with van der Waals surface area (Å²) in [6.07, 6.45) is 0.411. The van der Waals surface area contributed by atoms with E-state index < -0.39 is 6.04 Å². The number of carbonyl (C=O) groups excluding carboxylic acids is 2. The molecule has 35 heavy (non-hydrogen) atoms. The van der Waals surface area contributed by atoms with Crippen LogP contribution in [0.25, 0.3) is 0 Å². The highest BCUT2D eigenvalue weighted by molar-refractivity contribution is 9.10. The lowest BCUT2D eigenvalue weighted by atomic mass is 10.0. The summed E-state index contributed by atoms with van der Waals surface area (Å²) in [6, 6.07) is 22.7. The van der Waals surface area contributed by atoms with Gasteiger partial charge in [0.05, 0.1) is 0 Å². The molecular formula is C29H33BrN2O3. The van der Waals surface area contributed by atoms with Crippen molar-refractivity contribution in [2.75, 3.05) is 6.61 Å². The van der Waals surface area contributed by atoms with Gasteiger partial charge in [-0.05, 0) is 62.6 Å². The molecule has 0 saturated carbocycles. The highest BCUT2D eigenvalue weighted by Gasteiger charge is 2.31. The first kappa shape index (κ1) is 26.5. The molecule has 3 aromatic carbocycles. The predicted molar refractivity (Wildman–Crippen MR) is 143 cm³/mol. The van der Waals surface area contributed by atoms with Gasteiger partial charge in [0, 0.05) is 23.5 Å². The lowest BCUT2D eigenvalue weighted by Gasteiger charge is -2.32. The molecule has 1 N–H and O–H groups in total. The Kier molecular flexibility index (Phi) is 9.49. The fraction of sp³-hybridized carbons (Fsp3) is 0.310. The summed E-state index contributed by atoms with van der Waals surface area (Å²) in [5.41, 5.74) is 4.10. The van der Waals surface area contributed by atoms with E-state index in [9.17, 15) is 9.59 Å². The van der Waals surface area contributed by atoms with Crippen LogP contribution in [0.2, 0.25) is 0 Å². The van der Waals surface area contributed by atoms with Crippen molar-refractivity contribution in [1.82, 2.24) is 10.2 Å². The van der Waals surface area contributed by atoms with Gasteiger partial charge in [-0.25, -0.2) is 0 Å². The molecule has 0 aliphatic rings. The fourth-order valence-corrected chi connectivity index (χ4v) is 4.01. The van der Waals surface area contributed by atoms with Crippen molar-refractivity contribution in [2.24, 2.45) is 0 Å². The Balaban J connectivity index is 1.90. The zero-order chi connectivity index (χ0) is 25.4. The number of amides is 2. The summed E-state index contributed by atoms with van der Waals surface area (Å²) in [5.74, 6) is 0.190. The summed E-state index contributed by atoms with van der Waals surface area (Å²) in [4.78, 5) is 28.6. The summed E-state index contributed by atoms with van der Waals surface area (Å²) in [7, 11) is 0. The number of nitrogens with zero attached hydrogens (tertiary/aromatic N) is 1. The fourth-order valence-electron chi connectivity index (χ4n) is 3.76. The van der Waals surface area contributed by atoms with Gasteiger partial charge >= 0.3 is 0 Å². The maximum absolute atomic E-state index is 13.6. The van der Waals surface area contributed by atoms with Gasteiger partial charge in [0.1, 0.15) is 11.8 Å². The molecule has 2 amide bonds. The van der Waals surface area contributed by atoms with E-state index in [1.165, 1.54) is 0 Å². The van der Waals surface area contributed by atoms with Crippen LogP contribution >= 0.6 is 15.9 Å². The van der Waals surface area contributed by atoms with E-state index in [2.05, 4.69) is 21.2 Å². The maximum atomic E-state index is 13.6. The average molecular weight is 537 g/mol. The molecule has 0 heterocycles. The summed E-state index contributed by atoms with van der Waals surface area (Å²) in [5, 5.41) is 3.00. The van der Waals surface area contributed by atoms with Crippen LogP contribution in [0.4, 0.5) is 0 Å². The van der Waals surface area contributed by atoms with Crippen molar-refractivity contribution >= 4 is 27.7 Å². The molecule has 184 valence electrons. The highest BCUT2D eigenvalue weighted by atomic mass is 79.9. The number of aryl methyl sites for hydroxylation is 2. The monoisotopic (exact) mass is 536 g/mol. The summed E-state index contributed by atoms with van der Waals surface area (Å²) < 4.78 is 6.84. The van der Waals surface area contributed by atoms with Crippen molar-refractivity contribution in [3.05, 3.63) is 99.5 Å². The molecule has 5 nitrogen and oxygen atoms in total. The van der Waals surface area contributed by atoms with Crippen LogP contribution in [-0.4, -0.2) is 35.4 Å². The zero-order valence-electron chi connectivity index (χ0n) is 20.8. The van der Waals surface area contributed by atoms with Crippen LogP contribution in [0.3, 0.4) is 0 Å². The number of ether oxygens (including phenoxy) is 1. The van der Waals surface area contributed by atoms with Gasteiger partial charge in [-0.15, -0.1) is 0 Å². The third kappa shape index (κ3) is 7.96. The van der Waals surface area contributed by atoms with Crippen molar-refractivity contribution in [3.8, 4) is 5.75 Å². The third-order valence-corrected chi connectivity index (χ3v) is 6.56. The quantitative estimate of drug-likeness (QED) is 0.366. The molecule has 6 heteroatoms. The van der Waals surface area contributed by atoms with E-state index in [4.69, 9.17) is 4.74 Å². The van der Waals surface area contributed by atoms with Crippen LogP contribution in [0.1, 0.15) is 36.1 Å². The van der Waals surface area contributed by atoms with Crippen LogP contribution in [0, 0.1) is 13.8 Å². The highest BCUT2D eigenvalue weighted by Crippen LogP contribution is 2.22. The maximum Gasteiger partial charge on any atom is 0.261 e. The number of hydrogen-bond acceptors (Lipinski definition) is 3. The van der Waals surface area contributed by atoms with Gasteiger partial charge in [-0.3, -0.25) is 9.59 Å². The Bertz CT molecular complexity index is 1130. The van der Waals surface area contributed by atoms with Gasteiger partial charge in [0.2, 0.25) is 5.91 Å². The van der Waals surface area contributed by atoms with Gasteiger partial charge < -0.3 is 15.0 Å². The molecular weight excluding hydrogens is 504 g/mol. The number of benzene rings is 3. The molecule has 0 bridgehead atoms. The summed E-state index contributed by atoms with van der Waals surface area (Å²) in [6.45, 7) is 7.98. The van der Waals surface area contributed by atoms with Crippen molar-refractivity contribution < 1.29 is 14.3 Å². The van der Waals surface area contributed by atoms with E-state index in [1.807, 2.05) is 100 Å². The number of hydrogen-bond donors (Lipinski definition) is 1. The van der Waals surface area contributed by atoms with Crippen molar-refractivity contribution in [3.63, 3.8) is 0 Å². The van der Waals surface area contributed by atoms with Gasteiger partial charge in [0.15, 0.2) is 6.61 Å². The lowest BCUT2D eigenvalue weighted by molar-refractivity contribution is -0.143.